The third kappa shape index (κ3) is 2.66. The summed E-state index contributed by atoms with van der Waals surface area (Å²) in [4.78, 5) is 12.1. The minimum Gasteiger partial charge on any atom is -0.354 e. The highest BCUT2D eigenvalue weighted by Crippen LogP contribution is 2.43. The van der Waals surface area contributed by atoms with E-state index < -0.39 is 0 Å². The summed E-state index contributed by atoms with van der Waals surface area (Å²) < 4.78 is 1.89. The Morgan fingerprint density at radius 1 is 1.33 bits per heavy atom. The predicted molar refractivity (Wildman–Crippen MR) is 100 cm³/mol. The summed E-state index contributed by atoms with van der Waals surface area (Å²) in [6, 6.07) is 0. The van der Waals surface area contributed by atoms with Crippen LogP contribution in [-0.2, 0) is 6.42 Å². The summed E-state index contributed by atoms with van der Waals surface area (Å²) in [6.07, 6.45) is 10.4. The molecule has 128 valence electrons. The Labute approximate surface area is 146 Å². The lowest BCUT2D eigenvalue weighted by molar-refractivity contribution is 0.602. The summed E-state index contributed by atoms with van der Waals surface area (Å²) >= 11 is 1.85. The number of anilines is 1. The molecule has 1 atom stereocenters. The van der Waals surface area contributed by atoms with Gasteiger partial charge in [0.1, 0.15) is 11.2 Å². The smallest absolute Gasteiger partial charge is 0.227 e. The first kappa shape index (κ1) is 15.8. The van der Waals surface area contributed by atoms with Gasteiger partial charge in [0.2, 0.25) is 5.95 Å². The van der Waals surface area contributed by atoms with Gasteiger partial charge in [-0.05, 0) is 37.2 Å². The van der Waals surface area contributed by atoms with Crippen LogP contribution in [0.4, 0.5) is 5.95 Å². The molecule has 0 bridgehead atoms. The van der Waals surface area contributed by atoms with E-state index in [4.69, 9.17) is 4.98 Å². The van der Waals surface area contributed by atoms with Gasteiger partial charge < -0.3 is 5.32 Å². The molecule has 6 heteroatoms. The van der Waals surface area contributed by atoms with Crippen molar-refractivity contribution in [2.45, 2.75) is 64.7 Å². The lowest BCUT2D eigenvalue weighted by atomic mass is 9.87. The Hall–Kier alpha value is -1.69. The minimum atomic E-state index is 0.595. The number of aryl methyl sites for hydroxylation is 1. The Morgan fingerprint density at radius 3 is 3.12 bits per heavy atom. The maximum atomic E-state index is 4.90. The molecule has 0 fully saturated rings. The van der Waals surface area contributed by atoms with E-state index in [2.05, 4.69) is 29.2 Å². The quantitative estimate of drug-likeness (QED) is 0.655. The molecular formula is C18H25N5S. The number of fused-ring (bicyclic) bond motifs is 5. The van der Waals surface area contributed by atoms with Crippen molar-refractivity contribution in [2.24, 2.45) is 0 Å². The van der Waals surface area contributed by atoms with Gasteiger partial charge in [-0.25, -0.2) is 9.97 Å². The fourth-order valence-corrected chi connectivity index (χ4v) is 5.10. The topological polar surface area (TPSA) is 55.1 Å². The highest BCUT2D eigenvalue weighted by Gasteiger charge is 2.25. The molecule has 0 spiro atoms. The molecule has 0 aromatic carbocycles. The maximum absolute atomic E-state index is 4.90. The average molecular weight is 344 g/mol. The summed E-state index contributed by atoms with van der Waals surface area (Å²) in [5.74, 6) is 1.43. The van der Waals surface area contributed by atoms with Crippen LogP contribution in [0, 0.1) is 0 Å². The van der Waals surface area contributed by atoms with Gasteiger partial charge in [0.15, 0.2) is 5.65 Å². The van der Waals surface area contributed by atoms with E-state index in [9.17, 15) is 0 Å². The molecule has 0 saturated heterocycles. The fourth-order valence-electron chi connectivity index (χ4n) is 3.77. The van der Waals surface area contributed by atoms with Crippen LogP contribution in [0.5, 0.6) is 0 Å². The SMILES string of the molecule is CCCCCCNc1nc2sc3c(c2c2ncnn12)C(C)CCC3. The molecule has 0 radical (unpaired) electrons. The Morgan fingerprint density at radius 2 is 2.25 bits per heavy atom. The molecule has 3 heterocycles. The van der Waals surface area contributed by atoms with Gasteiger partial charge in [-0.3, -0.25) is 0 Å². The third-order valence-corrected chi connectivity index (χ3v) is 6.19. The van der Waals surface area contributed by atoms with Gasteiger partial charge in [0, 0.05) is 11.4 Å². The first-order chi connectivity index (χ1) is 11.8. The number of hydrogen-bond donors (Lipinski definition) is 1. The number of hydrogen-bond acceptors (Lipinski definition) is 5. The zero-order valence-corrected chi connectivity index (χ0v) is 15.3. The minimum absolute atomic E-state index is 0.595. The fraction of sp³-hybridized carbons (Fsp3) is 0.611. The number of thiophene rings is 1. The largest absolute Gasteiger partial charge is 0.354 e. The van der Waals surface area contributed by atoms with Crippen molar-refractivity contribution in [2.75, 3.05) is 11.9 Å². The predicted octanol–water partition coefficient (Wildman–Crippen LogP) is 4.77. The highest BCUT2D eigenvalue weighted by atomic mass is 32.1. The summed E-state index contributed by atoms with van der Waals surface area (Å²) in [5, 5.41) is 9.13. The van der Waals surface area contributed by atoms with Crippen LogP contribution in [0.15, 0.2) is 6.33 Å². The van der Waals surface area contributed by atoms with Crippen LogP contribution in [0.3, 0.4) is 0 Å². The number of aromatic nitrogens is 4. The molecule has 0 amide bonds. The lowest BCUT2D eigenvalue weighted by Gasteiger charge is -2.18. The highest BCUT2D eigenvalue weighted by molar-refractivity contribution is 7.19. The molecule has 3 aromatic heterocycles. The third-order valence-electron chi connectivity index (χ3n) is 5.03. The van der Waals surface area contributed by atoms with E-state index in [1.54, 1.807) is 6.33 Å². The number of unbranched alkanes of at least 4 members (excludes halogenated alkanes) is 3. The summed E-state index contributed by atoms with van der Waals surface area (Å²) in [6.45, 7) is 5.51. The van der Waals surface area contributed by atoms with Crippen molar-refractivity contribution in [3.63, 3.8) is 0 Å². The van der Waals surface area contributed by atoms with Gasteiger partial charge in [-0.15, -0.1) is 11.3 Å². The molecule has 5 nitrogen and oxygen atoms in total. The average Bonchev–Trinajstić information content (AvgIpc) is 3.18. The van der Waals surface area contributed by atoms with Crippen molar-refractivity contribution < 1.29 is 0 Å². The molecule has 24 heavy (non-hydrogen) atoms. The number of nitrogens with zero attached hydrogens (tertiary/aromatic N) is 4. The molecule has 0 aliphatic heterocycles. The van der Waals surface area contributed by atoms with Crippen molar-refractivity contribution in [1.29, 1.82) is 0 Å². The van der Waals surface area contributed by atoms with E-state index in [-0.39, 0.29) is 0 Å². The van der Waals surface area contributed by atoms with Crippen LogP contribution in [0.25, 0.3) is 15.9 Å². The summed E-state index contributed by atoms with van der Waals surface area (Å²) in [5.41, 5.74) is 2.43. The zero-order chi connectivity index (χ0) is 16.5. The first-order valence-corrected chi connectivity index (χ1v) is 10.00. The molecule has 1 N–H and O–H groups in total. The molecule has 1 aliphatic rings. The van der Waals surface area contributed by atoms with Crippen LogP contribution in [0.2, 0.25) is 0 Å². The molecular weight excluding hydrogens is 318 g/mol. The van der Waals surface area contributed by atoms with Gasteiger partial charge in [0.05, 0.1) is 5.39 Å². The van der Waals surface area contributed by atoms with E-state index >= 15 is 0 Å². The first-order valence-electron chi connectivity index (χ1n) is 9.18. The van der Waals surface area contributed by atoms with E-state index in [0.717, 1.165) is 23.0 Å². The molecule has 4 rings (SSSR count). The van der Waals surface area contributed by atoms with Gasteiger partial charge in [-0.1, -0.05) is 33.1 Å². The molecule has 0 saturated carbocycles. The Kier molecular flexibility index (Phi) is 4.39. The second-order valence-corrected chi connectivity index (χ2v) is 7.91. The maximum Gasteiger partial charge on any atom is 0.227 e. The van der Waals surface area contributed by atoms with Crippen molar-refractivity contribution in [1.82, 2.24) is 19.6 Å². The Balaban J connectivity index is 1.72. The van der Waals surface area contributed by atoms with Crippen LogP contribution >= 0.6 is 11.3 Å². The monoisotopic (exact) mass is 343 g/mol. The van der Waals surface area contributed by atoms with Crippen molar-refractivity contribution >= 4 is 33.1 Å². The lowest BCUT2D eigenvalue weighted by Crippen LogP contribution is -2.09. The molecule has 1 unspecified atom stereocenters. The van der Waals surface area contributed by atoms with Gasteiger partial charge >= 0.3 is 0 Å². The molecule has 3 aromatic rings. The van der Waals surface area contributed by atoms with E-state index in [1.165, 1.54) is 60.8 Å². The zero-order valence-electron chi connectivity index (χ0n) is 14.5. The van der Waals surface area contributed by atoms with Crippen LogP contribution in [-0.4, -0.2) is 26.1 Å². The van der Waals surface area contributed by atoms with E-state index in [1.807, 2.05) is 15.9 Å². The van der Waals surface area contributed by atoms with Crippen molar-refractivity contribution in [3.8, 4) is 0 Å². The number of nitrogens with one attached hydrogen (secondary N) is 1. The van der Waals surface area contributed by atoms with Gasteiger partial charge in [0.25, 0.3) is 0 Å². The van der Waals surface area contributed by atoms with Crippen LogP contribution in [0.1, 0.15) is 68.7 Å². The Bertz CT molecular complexity index is 850. The van der Waals surface area contributed by atoms with Crippen molar-refractivity contribution in [3.05, 3.63) is 16.8 Å². The van der Waals surface area contributed by atoms with Gasteiger partial charge in [-0.2, -0.15) is 9.61 Å². The second kappa shape index (κ2) is 6.67. The molecule has 1 aliphatic carbocycles. The normalized spacial score (nSPS) is 17.5. The standard InChI is InChI=1S/C18H25N5S/c1-3-4-5-6-10-19-18-22-17-15(16-20-11-21-23(16)18)14-12(2)8-7-9-13(14)24-17/h11-12H,3-10H2,1-2H3,(H,19,22). The second-order valence-electron chi connectivity index (χ2n) is 6.83. The summed E-state index contributed by atoms with van der Waals surface area (Å²) in [7, 11) is 0. The number of rotatable bonds is 6. The van der Waals surface area contributed by atoms with Crippen LogP contribution < -0.4 is 5.32 Å². The van der Waals surface area contributed by atoms with E-state index in [0.29, 0.717) is 5.92 Å².